The zero-order valence-corrected chi connectivity index (χ0v) is 17.8. The SMILES string of the molecule is Cc1ccccc1CC(=O)Nc1ccc(-c2c[nH]c(C(=O)C(C)F)c2)c(S(N)(=O)=O)c1. The minimum atomic E-state index is -4.16. The molecule has 0 spiro atoms. The first-order valence-electron chi connectivity index (χ1n) is 9.44. The second-order valence-electron chi connectivity index (χ2n) is 7.19. The molecule has 1 unspecified atom stereocenters. The molecule has 0 fully saturated rings. The van der Waals surface area contributed by atoms with E-state index < -0.39 is 22.0 Å². The number of nitrogens with two attached hydrogens (primary N) is 1. The van der Waals surface area contributed by atoms with Crippen molar-refractivity contribution in [2.24, 2.45) is 5.14 Å². The molecule has 2 aromatic carbocycles. The first-order chi connectivity index (χ1) is 14.6. The molecule has 0 saturated heterocycles. The Morgan fingerprint density at radius 3 is 2.52 bits per heavy atom. The Morgan fingerprint density at radius 1 is 1.16 bits per heavy atom. The van der Waals surface area contributed by atoms with Gasteiger partial charge >= 0.3 is 0 Å². The van der Waals surface area contributed by atoms with Gasteiger partial charge in [-0.3, -0.25) is 9.59 Å². The van der Waals surface area contributed by atoms with Gasteiger partial charge in [0.1, 0.15) is 0 Å². The number of nitrogens with one attached hydrogen (secondary N) is 2. The summed E-state index contributed by atoms with van der Waals surface area (Å²) in [4.78, 5) is 26.7. The summed E-state index contributed by atoms with van der Waals surface area (Å²) in [7, 11) is -4.16. The number of primary sulfonamides is 1. The van der Waals surface area contributed by atoms with Crippen LogP contribution < -0.4 is 10.5 Å². The third-order valence-electron chi connectivity index (χ3n) is 4.80. The van der Waals surface area contributed by atoms with Crippen molar-refractivity contribution in [1.29, 1.82) is 0 Å². The van der Waals surface area contributed by atoms with Crippen LogP contribution in [0.1, 0.15) is 28.5 Å². The van der Waals surface area contributed by atoms with Gasteiger partial charge in [0.05, 0.1) is 17.0 Å². The third-order valence-corrected chi connectivity index (χ3v) is 5.76. The highest BCUT2D eigenvalue weighted by molar-refractivity contribution is 7.89. The molecule has 0 aliphatic rings. The summed E-state index contributed by atoms with van der Waals surface area (Å²) in [6, 6.07) is 13.1. The van der Waals surface area contributed by atoms with Crippen LogP contribution >= 0.6 is 0 Å². The number of hydrogen-bond acceptors (Lipinski definition) is 4. The molecule has 3 rings (SSSR count). The number of carbonyl (C=O) groups is 2. The van der Waals surface area contributed by atoms with Crippen LogP contribution in [0.3, 0.4) is 0 Å². The topological polar surface area (TPSA) is 122 Å². The van der Waals surface area contributed by atoms with Crippen molar-refractivity contribution in [2.75, 3.05) is 5.32 Å². The molecule has 7 nitrogen and oxygen atoms in total. The second kappa shape index (κ2) is 8.83. The molecule has 1 atom stereocenters. The van der Waals surface area contributed by atoms with Crippen LogP contribution in [0.25, 0.3) is 11.1 Å². The lowest BCUT2D eigenvalue weighted by Crippen LogP contribution is -2.17. The number of ketones is 1. The van der Waals surface area contributed by atoms with Crippen molar-refractivity contribution >= 4 is 27.4 Å². The number of hydrogen-bond donors (Lipinski definition) is 3. The van der Waals surface area contributed by atoms with Gasteiger partial charge in [-0.2, -0.15) is 0 Å². The molecule has 0 radical (unpaired) electrons. The van der Waals surface area contributed by atoms with Crippen LogP contribution in [0.2, 0.25) is 0 Å². The zero-order chi connectivity index (χ0) is 22.8. The molecule has 0 aliphatic heterocycles. The number of anilines is 1. The van der Waals surface area contributed by atoms with E-state index in [1.165, 1.54) is 30.5 Å². The fourth-order valence-electron chi connectivity index (χ4n) is 3.17. The minimum Gasteiger partial charge on any atom is -0.358 e. The number of amides is 1. The number of H-pyrrole nitrogens is 1. The number of Topliss-reactive ketones (excluding diaryl/α,β-unsaturated/α-hetero) is 1. The van der Waals surface area contributed by atoms with E-state index in [-0.39, 0.29) is 34.2 Å². The molecule has 0 bridgehead atoms. The van der Waals surface area contributed by atoms with Crippen molar-refractivity contribution in [2.45, 2.75) is 31.3 Å². The Kier molecular flexibility index (Phi) is 6.37. The van der Waals surface area contributed by atoms with Gasteiger partial charge in [0.2, 0.25) is 21.7 Å². The zero-order valence-electron chi connectivity index (χ0n) is 17.0. The average Bonchev–Trinajstić information content (AvgIpc) is 3.18. The van der Waals surface area contributed by atoms with Crippen LogP contribution in [0.5, 0.6) is 0 Å². The van der Waals surface area contributed by atoms with Crippen LogP contribution in [0, 0.1) is 6.92 Å². The number of aryl methyl sites for hydroxylation is 1. The number of rotatable bonds is 7. The maximum Gasteiger partial charge on any atom is 0.238 e. The number of benzene rings is 2. The van der Waals surface area contributed by atoms with E-state index in [1.54, 1.807) is 0 Å². The van der Waals surface area contributed by atoms with E-state index in [0.29, 0.717) is 5.56 Å². The van der Waals surface area contributed by atoms with Crippen LogP contribution in [-0.2, 0) is 21.2 Å². The molecule has 162 valence electrons. The second-order valence-corrected chi connectivity index (χ2v) is 8.72. The van der Waals surface area contributed by atoms with E-state index in [0.717, 1.165) is 18.1 Å². The van der Waals surface area contributed by atoms with Crippen LogP contribution in [0.4, 0.5) is 10.1 Å². The number of carbonyl (C=O) groups excluding carboxylic acids is 2. The third kappa shape index (κ3) is 5.25. The minimum absolute atomic E-state index is 0.0148. The molecule has 0 saturated carbocycles. The largest absolute Gasteiger partial charge is 0.358 e. The van der Waals surface area contributed by atoms with Gasteiger partial charge in [0, 0.05) is 23.0 Å². The van der Waals surface area contributed by atoms with Crippen LogP contribution in [-0.4, -0.2) is 31.3 Å². The average molecular weight is 444 g/mol. The van der Waals surface area contributed by atoms with Crippen LogP contribution in [0.15, 0.2) is 59.6 Å². The van der Waals surface area contributed by atoms with Crippen molar-refractivity contribution in [3.8, 4) is 11.1 Å². The van der Waals surface area contributed by atoms with Crippen molar-refractivity contribution in [3.05, 3.63) is 71.5 Å². The van der Waals surface area contributed by atoms with Gasteiger partial charge in [-0.05, 0) is 43.2 Å². The normalized spacial score (nSPS) is 12.4. The number of alkyl halides is 1. The standard InChI is InChI=1S/C22H22FN3O4S/c1-13-5-3-4-6-15(13)10-21(27)26-17-7-8-18(20(11-17)31(24,29)30)16-9-19(25-12-16)22(28)14(2)23/h3-9,11-12,14,25H,10H2,1-2H3,(H,26,27)(H2,24,29,30). The highest BCUT2D eigenvalue weighted by Crippen LogP contribution is 2.30. The number of sulfonamides is 1. The molecule has 4 N–H and O–H groups in total. The highest BCUT2D eigenvalue weighted by Gasteiger charge is 2.21. The molecule has 0 aliphatic carbocycles. The summed E-state index contributed by atoms with van der Waals surface area (Å²) >= 11 is 0. The Bertz CT molecular complexity index is 1250. The first kappa shape index (κ1) is 22.4. The maximum absolute atomic E-state index is 13.3. The summed E-state index contributed by atoms with van der Waals surface area (Å²) in [5, 5.41) is 8.05. The summed E-state index contributed by atoms with van der Waals surface area (Å²) in [6.45, 7) is 3.02. The Morgan fingerprint density at radius 2 is 1.87 bits per heavy atom. The molecule has 1 heterocycles. The van der Waals surface area contributed by atoms with Crippen molar-refractivity contribution < 1.29 is 22.4 Å². The molecule has 9 heteroatoms. The molecular formula is C22H22FN3O4S. The summed E-state index contributed by atoms with van der Waals surface area (Å²) in [5.74, 6) is -1.06. The quantitative estimate of drug-likeness (QED) is 0.485. The van der Waals surface area contributed by atoms with Crippen molar-refractivity contribution in [1.82, 2.24) is 4.98 Å². The Labute approximate surface area is 179 Å². The van der Waals surface area contributed by atoms with Gasteiger partial charge in [-0.15, -0.1) is 0 Å². The lowest BCUT2D eigenvalue weighted by atomic mass is 10.1. The van der Waals surface area contributed by atoms with Gasteiger partial charge in [0.25, 0.3) is 0 Å². The van der Waals surface area contributed by atoms with E-state index in [9.17, 15) is 22.4 Å². The van der Waals surface area contributed by atoms with E-state index in [1.807, 2.05) is 31.2 Å². The summed E-state index contributed by atoms with van der Waals surface area (Å²) in [6.07, 6.45) is -0.171. The first-order valence-corrected chi connectivity index (χ1v) is 11.0. The number of aromatic nitrogens is 1. The summed E-state index contributed by atoms with van der Waals surface area (Å²) < 4.78 is 37.6. The van der Waals surface area contributed by atoms with Gasteiger partial charge in [-0.25, -0.2) is 17.9 Å². The Hall–Kier alpha value is -3.30. The molecule has 1 amide bonds. The Balaban J connectivity index is 1.90. The number of aromatic amines is 1. The smallest absolute Gasteiger partial charge is 0.238 e. The van der Waals surface area contributed by atoms with E-state index in [2.05, 4.69) is 10.3 Å². The molecule has 3 aromatic rings. The lowest BCUT2D eigenvalue weighted by molar-refractivity contribution is -0.115. The molecular weight excluding hydrogens is 421 g/mol. The summed E-state index contributed by atoms with van der Waals surface area (Å²) in [5.41, 5.74) is 2.68. The van der Waals surface area contributed by atoms with Gasteiger partial charge in [0.15, 0.2) is 6.17 Å². The lowest BCUT2D eigenvalue weighted by Gasteiger charge is -2.11. The maximum atomic E-state index is 13.3. The fraction of sp³-hybridized carbons (Fsp3) is 0.182. The van der Waals surface area contributed by atoms with Crippen molar-refractivity contribution in [3.63, 3.8) is 0 Å². The fourth-order valence-corrected chi connectivity index (χ4v) is 3.95. The predicted octanol–water partition coefficient (Wildman–Crippen LogP) is 3.36. The monoisotopic (exact) mass is 443 g/mol. The highest BCUT2D eigenvalue weighted by atomic mass is 32.2. The number of halogens is 1. The van der Waals surface area contributed by atoms with Gasteiger partial charge < -0.3 is 10.3 Å². The molecule has 1 aromatic heterocycles. The predicted molar refractivity (Wildman–Crippen MR) is 116 cm³/mol. The molecule has 31 heavy (non-hydrogen) atoms. The van der Waals surface area contributed by atoms with E-state index >= 15 is 0 Å². The van der Waals surface area contributed by atoms with E-state index in [4.69, 9.17) is 5.14 Å². The van der Waals surface area contributed by atoms with Gasteiger partial charge in [-0.1, -0.05) is 30.3 Å².